The van der Waals surface area contributed by atoms with E-state index in [1.54, 1.807) is 0 Å². The van der Waals surface area contributed by atoms with E-state index in [-0.39, 0.29) is 46.5 Å². The molecule has 0 bridgehead atoms. The molecule has 12 N–H and O–H groups in total. The summed E-state index contributed by atoms with van der Waals surface area (Å²) in [4.78, 5) is 14.8. The molecule has 424 valence electrons. The highest BCUT2D eigenvalue weighted by Gasteiger charge is 2.70. The summed E-state index contributed by atoms with van der Waals surface area (Å²) in [5, 5.41) is 128. The summed E-state index contributed by atoms with van der Waals surface area (Å²) in [7, 11) is 0. The van der Waals surface area contributed by atoms with E-state index in [0.29, 0.717) is 25.2 Å². The van der Waals surface area contributed by atoms with Gasteiger partial charge in [0.25, 0.3) is 0 Å². The van der Waals surface area contributed by atoms with Gasteiger partial charge in [-0.1, -0.05) is 60.1 Å². The van der Waals surface area contributed by atoms with Crippen LogP contribution in [0.2, 0.25) is 0 Å². The molecule has 0 aromatic rings. The van der Waals surface area contributed by atoms with Crippen molar-refractivity contribution in [2.75, 3.05) is 19.8 Å². The van der Waals surface area contributed by atoms with E-state index in [1.807, 2.05) is 0 Å². The predicted octanol–water partition coefficient (Wildman–Crippen LogP) is -0.513. The summed E-state index contributed by atoms with van der Waals surface area (Å²) < 4.78 is 49.0. The number of aliphatic hydroxyl groups is 12. The first-order valence-electron chi connectivity index (χ1n) is 27.2. The Morgan fingerprint density at radius 1 is 0.608 bits per heavy atom. The molecule has 29 atom stereocenters. The minimum absolute atomic E-state index is 0.113. The first-order chi connectivity index (χ1) is 34.7. The Bertz CT molecular complexity index is 2020. The number of fused-ring (bicyclic) bond motifs is 7. The molecule has 9 aliphatic rings. The molecule has 4 aliphatic heterocycles. The fourth-order valence-corrected chi connectivity index (χ4v) is 16.4. The van der Waals surface area contributed by atoms with Crippen LogP contribution < -0.4 is 0 Å². The van der Waals surface area contributed by atoms with Crippen molar-refractivity contribution in [3.8, 4) is 0 Å². The van der Waals surface area contributed by atoms with Crippen molar-refractivity contribution in [2.24, 2.45) is 56.7 Å². The molecule has 8 fully saturated rings. The predicted molar refractivity (Wildman–Crippen MR) is 255 cm³/mol. The molecule has 0 radical (unpaired) electrons. The van der Waals surface area contributed by atoms with E-state index in [0.717, 1.165) is 38.5 Å². The number of carbonyl (C=O) groups is 1. The molecule has 21 heteroatoms. The molecule has 74 heavy (non-hydrogen) atoms. The van der Waals surface area contributed by atoms with Crippen molar-refractivity contribution >= 4 is 5.97 Å². The van der Waals surface area contributed by atoms with Crippen molar-refractivity contribution < 1.29 is 104 Å². The Morgan fingerprint density at radius 3 is 1.82 bits per heavy atom. The zero-order valence-corrected chi connectivity index (χ0v) is 44.0. The monoisotopic (exact) mass is 1060 g/mol. The normalized spacial score (nSPS) is 55.4. The van der Waals surface area contributed by atoms with Crippen LogP contribution in [-0.2, 0) is 42.7 Å². The van der Waals surface area contributed by atoms with Gasteiger partial charge in [0, 0.05) is 0 Å². The zero-order chi connectivity index (χ0) is 53.9. The van der Waals surface area contributed by atoms with Gasteiger partial charge in [0.05, 0.1) is 37.4 Å². The van der Waals surface area contributed by atoms with Gasteiger partial charge in [0.1, 0.15) is 85.5 Å². The first kappa shape index (κ1) is 57.1. The van der Waals surface area contributed by atoms with Crippen LogP contribution in [0.25, 0.3) is 0 Å². The van der Waals surface area contributed by atoms with Crippen LogP contribution in [0.1, 0.15) is 113 Å². The van der Waals surface area contributed by atoms with E-state index >= 15 is 0 Å². The van der Waals surface area contributed by atoms with Gasteiger partial charge in [-0.2, -0.15) is 0 Å². The molecule has 9 rings (SSSR count). The Labute approximate surface area is 433 Å². The van der Waals surface area contributed by atoms with Gasteiger partial charge in [-0.05, 0) is 116 Å². The molecule has 4 saturated heterocycles. The minimum atomic E-state index is -1.83. The second-order valence-corrected chi connectivity index (χ2v) is 25.2. The summed E-state index contributed by atoms with van der Waals surface area (Å²) >= 11 is 0. The first-order valence-corrected chi connectivity index (χ1v) is 27.2. The van der Waals surface area contributed by atoms with Crippen LogP contribution in [0.5, 0.6) is 0 Å². The van der Waals surface area contributed by atoms with Crippen LogP contribution in [0.4, 0.5) is 0 Å². The lowest BCUT2D eigenvalue weighted by molar-refractivity contribution is -0.388. The molecule has 0 aromatic carbocycles. The minimum Gasteiger partial charge on any atom is -0.432 e. The Hall–Kier alpha value is -1.55. The van der Waals surface area contributed by atoms with Crippen LogP contribution in [-0.4, -0.2) is 210 Å². The number of rotatable bonds is 10. The largest absolute Gasteiger partial charge is 0.432 e. The van der Waals surface area contributed by atoms with Crippen molar-refractivity contribution in [1.82, 2.24) is 0 Å². The third kappa shape index (κ3) is 8.99. The third-order valence-corrected chi connectivity index (χ3v) is 21.3. The molecule has 29 unspecified atom stereocenters. The second-order valence-electron chi connectivity index (χ2n) is 25.2. The molecule has 5 aliphatic carbocycles. The topological polar surface area (TPSA) is 334 Å². The van der Waals surface area contributed by atoms with Crippen molar-refractivity contribution in [2.45, 2.75) is 236 Å². The quantitative estimate of drug-likeness (QED) is 0.0745. The molecule has 0 aromatic heterocycles. The average molecular weight is 1060 g/mol. The average Bonchev–Trinajstić information content (AvgIpc) is 3.36. The second kappa shape index (κ2) is 20.8. The number of hydrogen-bond donors (Lipinski definition) is 12. The van der Waals surface area contributed by atoms with Crippen molar-refractivity contribution in [3.05, 3.63) is 11.6 Å². The summed E-state index contributed by atoms with van der Waals surface area (Å²) in [5.74, 6) is 0.120. The molecule has 0 spiro atoms. The number of allylic oxidation sites excluding steroid dienone is 2. The summed E-state index contributed by atoms with van der Waals surface area (Å²) in [6, 6.07) is 0. The van der Waals surface area contributed by atoms with Crippen LogP contribution in [0.15, 0.2) is 11.6 Å². The number of aliphatic hydroxyl groups excluding tert-OH is 12. The van der Waals surface area contributed by atoms with Crippen molar-refractivity contribution in [1.29, 1.82) is 0 Å². The number of carbonyl (C=O) groups excluding carboxylic acids is 1. The fraction of sp³-hybridized carbons (Fsp3) is 0.943. The Balaban J connectivity index is 0.975. The van der Waals surface area contributed by atoms with E-state index in [9.17, 15) is 66.1 Å². The lowest BCUT2D eigenvalue weighted by Crippen LogP contribution is -2.67. The number of ether oxygens (including phenoxy) is 8. The maximum atomic E-state index is 14.8. The lowest BCUT2D eigenvalue weighted by Gasteiger charge is -2.71. The van der Waals surface area contributed by atoms with E-state index in [4.69, 9.17) is 37.9 Å². The third-order valence-electron chi connectivity index (χ3n) is 21.3. The molecule has 4 saturated carbocycles. The maximum absolute atomic E-state index is 14.8. The summed E-state index contributed by atoms with van der Waals surface area (Å²) in [6.45, 7) is 15.9. The van der Waals surface area contributed by atoms with E-state index in [1.165, 1.54) is 12.5 Å². The Morgan fingerprint density at radius 2 is 1.19 bits per heavy atom. The zero-order valence-electron chi connectivity index (χ0n) is 44.0. The number of hydrogen-bond acceptors (Lipinski definition) is 21. The molecule has 4 heterocycles. The van der Waals surface area contributed by atoms with E-state index < -0.39 is 153 Å². The SMILES string of the molecule is CC1CCC2(C(=O)OC3OC(CO)C(O)C(O)C3O)CCC3(C)C(=CCC4C5(C)CCC(OC6OCC(O)C(OC7OC(CO)C(O)C(O)C7O)C6OC6OC(C)C(O)C(O)C6O)C(C)(C)C5CCC43C)C2C1C. The summed E-state index contributed by atoms with van der Waals surface area (Å²) in [6.07, 6.45) is -20.7. The summed E-state index contributed by atoms with van der Waals surface area (Å²) in [5.41, 5.74) is -0.824. The molecule has 0 amide bonds. The van der Waals surface area contributed by atoms with Gasteiger partial charge < -0.3 is 99.2 Å². The van der Waals surface area contributed by atoms with Crippen LogP contribution >= 0.6 is 0 Å². The van der Waals surface area contributed by atoms with Gasteiger partial charge in [0.15, 0.2) is 18.9 Å². The fourth-order valence-electron chi connectivity index (χ4n) is 16.4. The van der Waals surface area contributed by atoms with E-state index in [2.05, 4.69) is 54.5 Å². The Kier molecular flexibility index (Phi) is 16.1. The van der Waals surface area contributed by atoms with Gasteiger partial charge in [-0.25, -0.2) is 0 Å². The smallest absolute Gasteiger partial charge is 0.315 e. The highest BCUT2D eigenvalue weighted by atomic mass is 16.8. The highest BCUT2D eigenvalue weighted by Crippen LogP contribution is 2.76. The van der Waals surface area contributed by atoms with Gasteiger partial charge in [0.2, 0.25) is 6.29 Å². The maximum Gasteiger partial charge on any atom is 0.315 e. The molecular weight excluding hydrogens is 973 g/mol. The number of esters is 1. The molecular formula is C53H86O21. The highest BCUT2D eigenvalue weighted by molar-refractivity contribution is 5.79. The van der Waals surface area contributed by atoms with Crippen LogP contribution in [0, 0.1) is 56.7 Å². The van der Waals surface area contributed by atoms with Crippen molar-refractivity contribution in [3.63, 3.8) is 0 Å². The lowest BCUT2D eigenvalue weighted by atomic mass is 9.33. The van der Waals surface area contributed by atoms with Gasteiger partial charge in [-0.15, -0.1) is 0 Å². The van der Waals surface area contributed by atoms with Crippen LogP contribution in [0.3, 0.4) is 0 Å². The standard InChI is InChI=1S/C53H86O21/c1-22-11-16-53(48(66)74-46-41(65)38(62)35(59)28(20-55)70-46)18-17-51(7)25(32(53)23(22)2)9-10-30-50(6)14-13-31(49(4,5)29(50)12-15-52(30,51)8)71-47-43(73-44-39(63)36(60)33(57)24(3)68-44)42(26(56)21-67-47)72-45-40(64)37(61)34(58)27(19-54)69-45/h9,22-24,26-47,54-65H,10-21H2,1-8H3. The van der Waals surface area contributed by atoms with Gasteiger partial charge in [-0.3, -0.25) is 4.79 Å². The molecule has 21 nitrogen and oxygen atoms in total. The van der Waals surface area contributed by atoms with Gasteiger partial charge >= 0.3 is 5.97 Å².